The smallest absolute Gasteiger partial charge is 0.200 e. The molecule has 0 saturated heterocycles. The van der Waals surface area contributed by atoms with Gasteiger partial charge in [-0.3, -0.25) is 9.59 Å². The van der Waals surface area contributed by atoms with E-state index in [9.17, 15) is 53.5 Å². The summed E-state index contributed by atoms with van der Waals surface area (Å²) >= 11 is 0. The van der Waals surface area contributed by atoms with Crippen LogP contribution in [-0.2, 0) is 17.1 Å². The van der Waals surface area contributed by atoms with Gasteiger partial charge in [-0.1, -0.05) is 0 Å². The summed E-state index contributed by atoms with van der Waals surface area (Å²) in [6, 6.07) is 0. The fourth-order valence-corrected chi connectivity index (χ4v) is 2.02. The van der Waals surface area contributed by atoms with Gasteiger partial charge in [-0.2, -0.15) is 0 Å². The van der Waals surface area contributed by atoms with Gasteiger partial charge < -0.3 is 0 Å². The van der Waals surface area contributed by atoms with Gasteiger partial charge in [-0.25, -0.2) is 43.9 Å². The molecule has 0 N–H and O–H groups in total. The predicted molar refractivity (Wildman–Crippen MR) is 65.7 cm³/mol. The Morgan fingerprint density at radius 2 is 0.607 bits per heavy atom. The average molecular weight is 468 g/mol. The number of rotatable bonds is 4. The average Bonchev–Trinajstić information content (AvgIpc) is 2.61. The van der Waals surface area contributed by atoms with Crippen molar-refractivity contribution in [2.75, 3.05) is 0 Å². The van der Waals surface area contributed by atoms with E-state index in [0.717, 1.165) is 0 Å². The largest absolute Gasteiger partial charge is 0.293 e. The van der Waals surface area contributed by atoms with Gasteiger partial charge in [0.25, 0.3) is 0 Å². The van der Waals surface area contributed by atoms with E-state index in [2.05, 4.69) is 0 Å². The van der Waals surface area contributed by atoms with E-state index in [-0.39, 0.29) is 17.1 Å². The molecule has 0 aliphatic heterocycles. The summed E-state index contributed by atoms with van der Waals surface area (Å²) < 4.78 is 132. The molecule has 0 aliphatic carbocycles. The van der Waals surface area contributed by atoms with E-state index in [4.69, 9.17) is 0 Å². The number of hydrogen-bond acceptors (Lipinski definition) is 2. The number of halogens is 10. The summed E-state index contributed by atoms with van der Waals surface area (Å²) in [6.07, 6.45) is -1.95. The van der Waals surface area contributed by atoms with Gasteiger partial charge in [0.1, 0.15) is 0 Å². The van der Waals surface area contributed by atoms with Crippen molar-refractivity contribution in [1.29, 1.82) is 0 Å². The first-order valence-corrected chi connectivity index (χ1v) is 6.51. The minimum absolute atomic E-state index is 0. The van der Waals surface area contributed by atoms with Gasteiger partial charge in [0.2, 0.25) is 11.6 Å². The van der Waals surface area contributed by atoms with Crippen LogP contribution in [0, 0.1) is 58.2 Å². The minimum atomic E-state index is -2.62. The standard InChI is InChI=1S/C15H2F10O2.Cu/c16-6-4(7(17)11(21)14(24)10(6)20)2(26)1-3(27)5-8(18)12(22)15(25)13(23)9(5)19;/h1H2;. The van der Waals surface area contributed by atoms with Crippen LogP contribution in [0.1, 0.15) is 27.1 Å². The number of carbonyl (C=O) groups is 2. The minimum Gasteiger partial charge on any atom is -0.293 e. The van der Waals surface area contributed by atoms with E-state index in [1.165, 1.54) is 0 Å². The van der Waals surface area contributed by atoms with Crippen molar-refractivity contribution in [1.82, 2.24) is 0 Å². The van der Waals surface area contributed by atoms with E-state index < -0.39 is 87.3 Å². The molecule has 2 nitrogen and oxygen atoms in total. The Hall–Kier alpha value is -2.40. The van der Waals surface area contributed by atoms with Crippen molar-refractivity contribution in [3.05, 3.63) is 69.3 Å². The molecule has 0 fully saturated rings. The second-order valence-electron chi connectivity index (χ2n) is 4.91. The molecular formula is C15H2CuF10O2. The van der Waals surface area contributed by atoms with E-state index in [1.807, 2.05) is 0 Å². The van der Waals surface area contributed by atoms with Gasteiger partial charge >= 0.3 is 0 Å². The molecule has 155 valence electrons. The number of Topliss-reactive ketones (excluding diaryl/α,β-unsaturated/α-hetero) is 2. The Morgan fingerprint density at radius 1 is 0.429 bits per heavy atom. The van der Waals surface area contributed by atoms with Crippen LogP contribution in [0.15, 0.2) is 0 Å². The molecule has 28 heavy (non-hydrogen) atoms. The fourth-order valence-electron chi connectivity index (χ4n) is 2.02. The van der Waals surface area contributed by atoms with E-state index in [1.54, 1.807) is 0 Å². The van der Waals surface area contributed by atoms with Gasteiger partial charge in [0, 0.05) is 17.1 Å². The van der Waals surface area contributed by atoms with Crippen molar-refractivity contribution in [3.8, 4) is 0 Å². The molecule has 0 unspecified atom stereocenters. The Kier molecular flexibility index (Phi) is 7.02. The van der Waals surface area contributed by atoms with Crippen LogP contribution in [0.4, 0.5) is 43.9 Å². The van der Waals surface area contributed by atoms with Crippen molar-refractivity contribution < 1.29 is 70.6 Å². The van der Waals surface area contributed by atoms with Gasteiger partial charge in [0.15, 0.2) is 58.1 Å². The van der Waals surface area contributed by atoms with Crippen LogP contribution in [0.3, 0.4) is 0 Å². The molecule has 0 amide bonds. The van der Waals surface area contributed by atoms with Crippen molar-refractivity contribution in [2.24, 2.45) is 0 Å². The normalized spacial score (nSPS) is 10.6. The van der Waals surface area contributed by atoms with E-state index >= 15 is 0 Å². The summed E-state index contributed by atoms with van der Waals surface area (Å²) in [5.74, 6) is -30.2. The maximum Gasteiger partial charge on any atom is 0.200 e. The zero-order chi connectivity index (χ0) is 20.8. The molecule has 0 aliphatic rings. The first-order chi connectivity index (χ1) is 12.4. The first kappa shape index (κ1) is 23.6. The SMILES string of the molecule is O=C(CC(=O)c1c(F)c(F)c(F)c(F)c1F)c1c(F)c(F)c(F)c(F)c1F.[Cu]. The van der Waals surface area contributed by atoms with Gasteiger partial charge in [0.05, 0.1) is 17.5 Å². The van der Waals surface area contributed by atoms with E-state index in [0.29, 0.717) is 0 Å². The number of benzene rings is 2. The molecule has 2 rings (SSSR count). The van der Waals surface area contributed by atoms with Crippen LogP contribution < -0.4 is 0 Å². The second kappa shape index (κ2) is 8.31. The third-order valence-electron chi connectivity index (χ3n) is 3.30. The molecule has 0 saturated carbocycles. The fraction of sp³-hybridized carbons (Fsp3) is 0.0667. The van der Waals surface area contributed by atoms with Crippen molar-refractivity contribution >= 4 is 11.6 Å². The molecule has 1 radical (unpaired) electrons. The molecule has 0 aromatic heterocycles. The molecule has 0 spiro atoms. The van der Waals surface area contributed by atoms with Crippen molar-refractivity contribution in [2.45, 2.75) is 6.42 Å². The molecule has 2 aromatic rings. The van der Waals surface area contributed by atoms with Crippen LogP contribution in [0.2, 0.25) is 0 Å². The Labute approximate surface area is 158 Å². The third kappa shape index (κ3) is 3.63. The molecule has 0 heterocycles. The van der Waals surface area contributed by atoms with Crippen LogP contribution in [0.25, 0.3) is 0 Å². The zero-order valence-electron chi connectivity index (χ0n) is 12.6. The number of carbonyl (C=O) groups excluding carboxylic acids is 2. The summed E-state index contributed by atoms with van der Waals surface area (Å²) in [7, 11) is 0. The summed E-state index contributed by atoms with van der Waals surface area (Å²) in [5, 5.41) is 0. The summed E-state index contributed by atoms with van der Waals surface area (Å²) in [4.78, 5) is 23.4. The first-order valence-electron chi connectivity index (χ1n) is 6.51. The summed E-state index contributed by atoms with van der Waals surface area (Å²) in [5.41, 5.74) is -4.22. The number of hydrogen-bond donors (Lipinski definition) is 0. The maximum atomic E-state index is 13.5. The Balaban J connectivity index is 0.00000392. The molecule has 0 bridgehead atoms. The zero-order valence-corrected chi connectivity index (χ0v) is 13.5. The molecule has 0 atom stereocenters. The van der Waals surface area contributed by atoms with Gasteiger partial charge in [-0.05, 0) is 0 Å². The van der Waals surface area contributed by atoms with Crippen LogP contribution in [0.5, 0.6) is 0 Å². The topological polar surface area (TPSA) is 34.1 Å². The predicted octanol–water partition coefficient (Wildman–Crippen LogP) is 4.53. The van der Waals surface area contributed by atoms with Gasteiger partial charge in [-0.15, -0.1) is 0 Å². The van der Waals surface area contributed by atoms with Crippen molar-refractivity contribution in [3.63, 3.8) is 0 Å². The Morgan fingerprint density at radius 3 is 0.821 bits per heavy atom. The molecular weight excluding hydrogens is 466 g/mol. The number of ketones is 2. The second-order valence-corrected chi connectivity index (χ2v) is 4.91. The molecule has 13 heteroatoms. The summed E-state index contributed by atoms with van der Waals surface area (Å²) in [6.45, 7) is 0. The Bertz CT molecular complexity index is 868. The van der Waals surface area contributed by atoms with Crippen LogP contribution >= 0.6 is 0 Å². The van der Waals surface area contributed by atoms with Crippen LogP contribution in [-0.4, -0.2) is 11.6 Å². The quantitative estimate of drug-likeness (QED) is 0.165. The third-order valence-corrected chi connectivity index (χ3v) is 3.30. The monoisotopic (exact) mass is 467 g/mol. The molecule has 2 aromatic carbocycles. The maximum absolute atomic E-state index is 13.5.